The molecule has 34 heavy (non-hydrogen) atoms. The summed E-state index contributed by atoms with van der Waals surface area (Å²) in [7, 11) is 1.96. The fourth-order valence-corrected chi connectivity index (χ4v) is 3.69. The van der Waals surface area contributed by atoms with Crippen LogP contribution in [0, 0.1) is 17.1 Å². The van der Waals surface area contributed by atoms with Gasteiger partial charge in [0.05, 0.1) is 48.6 Å². The van der Waals surface area contributed by atoms with Gasteiger partial charge in [-0.2, -0.15) is 18.4 Å². The number of halogens is 4. The molecule has 2 N–H and O–H groups in total. The van der Waals surface area contributed by atoms with Crippen LogP contribution in [0.25, 0.3) is 0 Å². The Labute approximate surface area is 191 Å². The van der Waals surface area contributed by atoms with Crippen LogP contribution in [-0.2, 0) is 25.2 Å². The van der Waals surface area contributed by atoms with E-state index in [1.807, 2.05) is 6.07 Å². The van der Waals surface area contributed by atoms with Crippen molar-refractivity contribution >= 4 is 17.6 Å². The van der Waals surface area contributed by atoms with Crippen molar-refractivity contribution in [3.8, 4) is 6.07 Å². The molecular weight excluding hydrogens is 458 g/mol. The number of anilines is 1. The minimum Gasteiger partial charge on any atom is -0.466 e. The second kappa shape index (κ2) is 9.27. The molecule has 2 aromatic rings. The van der Waals surface area contributed by atoms with E-state index in [4.69, 9.17) is 15.2 Å². The Morgan fingerprint density at radius 2 is 1.68 bits per heavy atom. The Morgan fingerprint density at radius 1 is 1.06 bits per heavy atom. The molecule has 0 radical (unpaired) electrons. The second-order valence-electron chi connectivity index (χ2n) is 6.99. The smallest absolute Gasteiger partial charge is 0.418 e. The molecule has 1 atom stereocenters. The first kappa shape index (κ1) is 24.3. The molecule has 0 aliphatic carbocycles. The highest BCUT2D eigenvalue weighted by Gasteiger charge is 2.45. The van der Waals surface area contributed by atoms with Crippen molar-refractivity contribution in [2.24, 2.45) is 5.73 Å². The largest absolute Gasteiger partial charge is 0.466 e. The van der Waals surface area contributed by atoms with Crippen molar-refractivity contribution < 1.29 is 36.6 Å². The van der Waals surface area contributed by atoms with Gasteiger partial charge in [-0.15, -0.1) is 0 Å². The van der Waals surface area contributed by atoms with Crippen LogP contribution in [0.2, 0.25) is 0 Å². The Kier molecular flexibility index (Phi) is 6.63. The first-order valence-electron chi connectivity index (χ1n) is 9.59. The van der Waals surface area contributed by atoms with Gasteiger partial charge in [-0.05, 0) is 23.8 Å². The Balaban J connectivity index is 2.49. The maximum Gasteiger partial charge on any atom is 0.418 e. The Morgan fingerprint density at radius 3 is 2.21 bits per heavy atom. The summed E-state index contributed by atoms with van der Waals surface area (Å²) in [5.74, 6) is -5.34. The number of alkyl halides is 3. The molecule has 7 nitrogen and oxygen atoms in total. The van der Waals surface area contributed by atoms with E-state index < -0.39 is 58.2 Å². The molecule has 0 saturated heterocycles. The summed E-state index contributed by atoms with van der Waals surface area (Å²) in [6, 6.07) is 11.4. The number of hydrogen-bond acceptors (Lipinski definition) is 7. The van der Waals surface area contributed by atoms with Crippen LogP contribution in [0.15, 0.2) is 71.2 Å². The van der Waals surface area contributed by atoms with Gasteiger partial charge >= 0.3 is 18.1 Å². The van der Waals surface area contributed by atoms with E-state index in [0.29, 0.717) is 10.5 Å². The summed E-state index contributed by atoms with van der Waals surface area (Å²) >= 11 is 0. The van der Waals surface area contributed by atoms with Gasteiger partial charge in [-0.25, -0.2) is 14.0 Å². The molecule has 0 saturated carbocycles. The molecule has 3 rings (SSSR count). The van der Waals surface area contributed by atoms with E-state index in [2.05, 4.69) is 0 Å². The third kappa shape index (κ3) is 4.17. The highest BCUT2D eigenvalue weighted by atomic mass is 19.4. The summed E-state index contributed by atoms with van der Waals surface area (Å²) in [6.07, 6.45) is -5.08. The van der Waals surface area contributed by atoms with Gasteiger partial charge in [-0.3, -0.25) is 4.90 Å². The van der Waals surface area contributed by atoms with Crippen molar-refractivity contribution in [3.05, 3.63) is 88.1 Å². The van der Waals surface area contributed by atoms with Gasteiger partial charge < -0.3 is 15.2 Å². The zero-order valence-corrected chi connectivity index (χ0v) is 17.8. The van der Waals surface area contributed by atoms with E-state index in [-0.39, 0.29) is 11.6 Å². The number of hydrogen-bond donors (Lipinski definition) is 1. The molecule has 0 amide bonds. The third-order valence-corrected chi connectivity index (χ3v) is 5.12. The number of carbonyl (C=O) groups is 2. The lowest BCUT2D eigenvalue weighted by atomic mass is 9.80. The topological polar surface area (TPSA) is 106 Å². The van der Waals surface area contributed by atoms with Crippen molar-refractivity contribution in [2.45, 2.75) is 12.1 Å². The van der Waals surface area contributed by atoms with Crippen molar-refractivity contribution in [1.29, 1.82) is 5.26 Å². The Hall–Kier alpha value is -4.33. The molecule has 1 aliphatic heterocycles. The number of rotatable bonds is 4. The van der Waals surface area contributed by atoms with Crippen LogP contribution < -0.4 is 10.6 Å². The van der Waals surface area contributed by atoms with Gasteiger partial charge in [0.2, 0.25) is 0 Å². The van der Waals surface area contributed by atoms with Crippen LogP contribution in [0.4, 0.5) is 23.2 Å². The number of methoxy groups -OCH3 is 2. The maximum absolute atomic E-state index is 13.8. The quantitative estimate of drug-likeness (QED) is 0.531. The van der Waals surface area contributed by atoms with E-state index in [9.17, 15) is 32.4 Å². The first-order chi connectivity index (χ1) is 16.1. The van der Waals surface area contributed by atoms with E-state index in [1.54, 1.807) is 30.3 Å². The molecule has 11 heteroatoms. The summed E-state index contributed by atoms with van der Waals surface area (Å²) in [5.41, 5.74) is 2.74. The SMILES string of the molecule is COC(=O)C1=C(C(=O)OC)N(c2ccc(F)cc2C(F)(F)F)C(N)=C(C#N)C1c1ccccc1. The van der Waals surface area contributed by atoms with Gasteiger partial charge in [0, 0.05) is 0 Å². The minimum atomic E-state index is -5.08. The summed E-state index contributed by atoms with van der Waals surface area (Å²) in [4.78, 5) is 26.3. The number of esters is 2. The van der Waals surface area contributed by atoms with Gasteiger partial charge in [0.15, 0.2) is 0 Å². The monoisotopic (exact) mass is 475 g/mol. The van der Waals surface area contributed by atoms with Crippen molar-refractivity contribution in [3.63, 3.8) is 0 Å². The number of ether oxygens (including phenoxy) is 2. The predicted molar refractivity (Wildman–Crippen MR) is 111 cm³/mol. The summed E-state index contributed by atoms with van der Waals surface area (Å²) < 4.78 is 64.8. The first-order valence-corrected chi connectivity index (χ1v) is 9.59. The van der Waals surface area contributed by atoms with Gasteiger partial charge in [-0.1, -0.05) is 30.3 Å². The van der Waals surface area contributed by atoms with Gasteiger partial charge in [0.1, 0.15) is 17.3 Å². The molecule has 1 unspecified atom stereocenters. The molecule has 176 valence electrons. The summed E-state index contributed by atoms with van der Waals surface area (Å²) in [5, 5.41) is 9.90. The number of nitrogens with two attached hydrogens (primary N) is 1. The lowest BCUT2D eigenvalue weighted by molar-refractivity contribution is -0.140. The third-order valence-electron chi connectivity index (χ3n) is 5.12. The van der Waals surface area contributed by atoms with Crippen LogP contribution in [0.1, 0.15) is 17.0 Å². The Bertz CT molecular complexity index is 1250. The number of allylic oxidation sites excluding steroid dienone is 1. The number of carbonyl (C=O) groups excluding carboxylic acids is 2. The highest BCUT2D eigenvalue weighted by molar-refractivity contribution is 6.06. The van der Waals surface area contributed by atoms with Crippen molar-refractivity contribution in [1.82, 2.24) is 0 Å². The fourth-order valence-electron chi connectivity index (χ4n) is 3.69. The van der Waals surface area contributed by atoms with E-state index in [1.165, 1.54) is 0 Å². The lowest BCUT2D eigenvalue weighted by Crippen LogP contribution is -2.41. The van der Waals surface area contributed by atoms with Crippen LogP contribution >= 0.6 is 0 Å². The van der Waals surface area contributed by atoms with Crippen LogP contribution in [0.5, 0.6) is 0 Å². The molecule has 1 heterocycles. The average molecular weight is 475 g/mol. The molecule has 0 spiro atoms. The molecule has 0 bridgehead atoms. The average Bonchev–Trinajstić information content (AvgIpc) is 2.82. The molecular formula is C23H17F4N3O4. The zero-order chi connectivity index (χ0) is 25.2. The molecule has 1 aliphatic rings. The van der Waals surface area contributed by atoms with E-state index >= 15 is 0 Å². The van der Waals surface area contributed by atoms with Crippen LogP contribution in [-0.4, -0.2) is 26.2 Å². The number of nitrogens with zero attached hydrogens (tertiary/aromatic N) is 2. The predicted octanol–water partition coefficient (Wildman–Crippen LogP) is 3.74. The molecule has 2 aromatic carbocycles. The standard InChI is InChI=1S/C23H17F4N3O4/c1-33-21(31)18-17(12-6-4-3-5-7-12)14(11-28)20(29)30(19(18)22(32)34-2)16-9-8-13(24)10-15(16)23(25,26)27/h3-10,17H,29H2,1-2H3. The van der Waals surface area contributed by atoms with Gasteiger partial charge in [0.25, 0.3) is 0 Å². The minimum absolute atomic E-state index is 0.213. The summed E-state index contributed by atoms with van der Waals surface area (Å²) in [6.45, 7) is 0. The fraction of sp³-hybridized carbons (Fsp3) is 0.174. The van der Waals surface area contributed by atoms with E-state index in [0.717, 1.165) is 26.4 Å². The number of benzene rings is 2. The van der Waals surface area contributed by atoms with Crippen LogP contribution in [0.3, 0.4) is 0 Å². The maximum atomic E-state index is 13.8. The molecule has 0 aromatic heterocycles. The second-order valence-corrected chi connectivity index (χ2v) is 6.99. The normalized spacial score (nSPS) is 16.3. The van der Waals surface area contributed by atoms with Crippen molar-refractivity contribution in [2.75, 3.05) is 19.1 Å². The zero-order valence-electron chi connectivity index (χ0n) is 17.8. The highest BCUT2D eigenvalue weighted by Crippen LogP contribution is 2.46. The number of nitriles is 1. The lowest BCUT2D eigenvalue weighted by Gasteiger charge is -2.36. The molecule has 0 fully saturated rings.